The van der Waals surface area contributed by atoms with Crippen LogP contribution in [0, 0.1) is 11.6 Å². The molecule has 6 rings (SSSR count). The zero-order valence-electron chi connectivity index (χ0n) is 21.2. The van der Waals surface area contributed by atoms with Crippen LogP contribution in [0.3, 0.4) is 0 Å². The summed E-state index contributed by atoms with van der Waals surface area (Å²) in [5.41, 5.74) is 14.7. The van der Waals surface area contributed by atoms with Crippen LogP contribution in [0.15, 0.2) is 131 Å². The summed E-state index contributed by atoms with van der Waals surface area (Å²) in [6, 6.07) is 38.9. The van der Waals surface area contributed by atoms with E-state index in [1.54, 1.807) is 12.1 Å². The molecule has 6 heteroatoms. The smallest absolute Gasteiger partial charge is 0.123 e. The predicted octanol–water partition coefficient (Wildman–Crippen LogP) is 10.6. The van der Waals surface area contributed by atoms with Crippen LogP contribution in [0.5, 0.6) is 0 Å². The molecule has 198 valence electrons. The number of nitrogens with two attached hydrogens (primary N) is 1. The molecule has 2 nitrogen and oxygen atoms in total. The van der Waals surface area contributed by atoms with E-state index in [1.165, 1.54) is 24.3 Å². The number of fused-ring (bicyclic) bond motifs is 1. The maximum atomic E-state index is 13.3. The van der Waals surface area contributed by atoms with Gasteiger partial charge in [0.05, 0.1) is 9.09 Å². The number of benzene rings is 5. The Hall–Kier alpha value is -4.00. The number of nitrogens with one attached hydrogen (secondary N) is 1. The van der Waals surface area contributed by atoms with E-state index in [0.29, 0.717) is 5.69 Å². The molecule has 0 aliphatic carbocycles. The molecule has 0 atom stereocenters. The monoisotopic (exact) mass is 656 g/mol. The van der Waals surface area contributed by atoms with Gasteiger partial charge in [0.1, 0.15) is 11.6 Å². The zero-order chi connectivity index (χ0) is 28.1. The van der Waals surface area contributed by atoms with Crippen molar-refractivity contribution in [2.75, 3.05) is 5.73 Å². The summed E-state index contributed by atoms with van der Waals surface area (Å²) in [6.45, 7) is 0. The Morgan fingerprint density at radius 1 is 0.600 bits per heavy atom. The lowest BCUT2D eigenvalue weighted by atomic mass is 9.98. The molecule has 3 N–H and O–H groups in total. The largest absolute Gasteiger partial charge is 0.398 e. The highest BCUT2D eigenvalue weighted by Gasteiger charge is 2.15. The van der Waals surface area contributed by atoms with E-state index in [9.17, 15) is 8.78 Å². The van der Waals surface area contributed by atoms with Crippen LogP contribution in [-0.4, -0.2) is 4.98 Å². The SMILES string of the molecule is Fc1ccc(-c2c(-c3ccccc3)[nH]c3ccccc23)cc1.Nc1ccccc1C(=C(Br)Br)c1ccc(F)cc1. The lowest BCUT2D eigenvalue weighted by molar-refractivity contribution is 0.627. The molecule has 0 aliphatic rings. The van der Waals surface area contributed by atoms with Gasteiger partial charge in [-0.25, -0.2) is 8.78 Å². The van der Waals surface area contributed by atoms with Crippen LogP contribution in [-0.2, 0) is 0 Å². The minimum absolute atomic E-state index is 0.218. The maximum absolute atomic E-state index is 13.3. The Morgan fingerprint density at radius 3 is 1.82 bits per heavy atom. The number of aromatic amines is 1. The van der Waals surface area contributed by atoms with E-state index in [0.717, 1.165) is 53.4 Å². The molecular weight excluding hydrogens is 634 g/mol. The summed E-state index contributed by atoms with van der Waals surface area (Å²) in [5, 5.41) is 1.15. The number of H-pyrrole nitrogens is 1. The van der Waals surface area contributed by atoms with Crippen LogP contribution in [0.4, 0.5) is 14.5 Å². The minimum atomic E-state index is -0.259. The molecule has 0 saturated carbocycles. The van der Waals surface area contributed by atoms with Crippen molar-refractivity contribution in [1.82, 2.24) is 4.98 Å². The number of aromatic nitrogens is 1. The highest BCUT2D eigenvalue weighted by molar-refractivity contribution is 9.28. The minimum Gasteiger partial charge on any atom is -0.398 e. The molecule has 0 unspecified atom stereocenters. The van der Waals surface area contributed by atoms with Crippen molar-refractivity contribution in [2.45, 2.75) is 0 Å². The van der Waals surface area contributed by atoms with E-state index in [4.69, 9.17) is 5.73 Å². The summed E-state index contributed by atoms with van der Waals surface area (Å²) in [7, 11) is 0. The lowest BCUT2D eigenvalue weighted by Gasteiger charge is -2.11. The number of hydrogen-bond donors (Lipinski definition) is 2. The summed E-state index contributed by atoms with van der Waals surface area (Å²) < 4.78 is 27.0. The van der Waals surface area contributed by atoms with Gasteiger partial charge in [-0.05, 0) is 84.9 Å². The van der Waals surface area contributed by atoms with Gasteiger partial charge in [0.25, 0.3) is 0 Å². The van der Waals surface area contributed by atoms with Crippen molar-refractivity contribution >= 4 is 54.0 Å². The molecule has 0 bridgehead atoms. The van der Waals surface area contributed by atoms with Crippen molar-refractivity contribution in [3.8, 4) is 22.4 Å². The number of rotatable bonds is 4. The molecule has 0 amide bonds. The molecule has 0 radical (unpaired) electrons. The van der Waals surface area contributed by atoms with Crippen molar-refractivity contribution in [3.63, 3.8) is 0 Å². The summed E-state index contributed by atoms with van der Waals surface area (Å²) in [6.07, 6.45) is 0. The first-order valence-electron chi connectivity index (χ1n) is 12.5. The van der Waals surface area contributed by atoms with Gasteiger partial charge < -0.3 is 10.7 Å². The third-order valence-electron chi connectivity index (χ3n) is 6.45. The first-order valence-corrected chi connectivity index (χ1v) is 14.1. The van der Waals surface area contributed by atoms with Gasteiger partial charge in [-0.15, -0.1) is 0 Å². The number of anilines is 1. The first-order chi connectivity index (χ1) is 19.4. The van der Waals surface area contributed by atoms with E-state index >= 15 is 0 Å². The summed E-state index contributed by atoms with van der Waals surface area (Å²) in [4.78, 5) is 3.50. The standard InChI is InChI=1S/C20H14FN.C14H10Br2FN/c21-16-12-10-14(11-13-16)19-17-8-4-5-9-18(17)22-20(19)15-6-2-1-3-7-15;15-14(16)13(9-5-7-10(17)8-6-9)11-3-1-2-4-12(11)18/h1-13,22H;1-8H,18H2. The zero-order valence-corrected chi connectivity index (χ0v) is 24.4. The quantitative estimate of drug-likeness (QED) is 0.182. The van der Waals surface area contributed by atoms with Crippen molar-refractivity contribution < 1.29 is 8.78 Å². The van der Waals surface area contributed by atoms with Gasteiger partial charge in [0.2, 0.25) is 0 Å². The van der Waals surface area contributed by atoms with Crippen molar-refractivity contribution in [3.05, 3.63) is 154 Å². The van der Waals surface area contributed by atoms with E-state index < -0.39 is 0 Å². The molecule has 0 aliphatic heterocycles. The molecule has 6 aromatic rings. The topological polar surface area (TPSA) is 41.8 Å². The van der Waals surface area contributed by atoms with Gasteiger partial charge in [-0.3, -0.25) is 0 Å². The fraction of sp³-hybridized carbons (Fsp3) is 0. The Bertz CT molecular complexity index is 1770. The van der Waals surface area contributed by atoms with E-state index in [2.05, 4.69) is 61.1 Å². The summed E-state index contributed by atoms with van der Waals surface area (Å²) >= 11 is 6.83. The van der Waals surface area contributed by atoms with E-state index in [-0.39, 0.29) is 11.6 Å². The van der Waals surface area contributed by atoms with Crippen molar-refractivity contribution in [2.24, 2.45) is 0 Å². The fourth-order valence-corrected chi connectivity index (χ4v) is 5.47. The predicted molar refractivity (Wildman–Crippen MR) is 170 cm³/mol. The molecule has 40 heavy (non-hydrogen) atoms. The highest BCUT2D eigenvalue weighted by atomic mass is 79.9. The van der Waals surface area contributed by atoms with Crippen LogP contribution in [0.2, 0.25) is 0 Å². The first kappa shape index (κ1) is 27.6. The second kappa shape index (κ2) is 12.5. The second-order valence-electron chi connectivity index (χ2n) is 9.02. The number of halogens is 4. The molecule has 1 aromatic heterocycles. The molecule has 0 saturated heterocycles. The van der Waals surface area contributed by atoms with Gasteiger partial charge >= 0.3 is 0 Å². The fourth-order valence-electron chi connectivity index (χ4n) is 4.59. The Morgan fingerprint density at radius 2 is 1.18 bits per heavy atom. The molecule has 0 fully saturated rings. The molecule has 5 aromatic carbocycles. The van der Waals surface area contributed by atoms with Gasteiger partial charge in [-0.2, -0.15) is 0 Å². The molecule has 0 spiro atoms. The second-order valence-corrected chi connectivity index (χ2v) is 11.7. The number of nitrogen functional groups attached to an aromatic ring is 1. The van der Waals surface area contributed by atoms with Gasteiger partial charge in [0.15, 0.2) is 0 Å². The average Bonchev–Trinajstić information content (AvgIpc) is 3.36. The third kappa shape index (κ3) is 6.09. The summed E-state index contributed by atoms with van der Waals surface area (Å²) in [5.74, 6) is -0.477. The Balaban J connectivity index is 0.000000165. The lowest BCUT2D eigenvalue weighted by Crippen LogP contribution is -1.95. The molecular formula is C34H24Br2F2N2. The normalized spacial score (nSPS) is 10.6. The molecule has 1 heterocycles. The Kier molecular flexibility index (Phi) is 8.58. The number of para-hydroxylation sites is 2. The van der Waals surface area contributed by atoms with Crippen molar-refractivity contribution in [1.29, 1.82) is 0 Å². The third-order valence-corrected chi connectivity index (χ3v) is 7.25. The van der Waals surface area contributed by atoms with Crippen LogP contribution in [0.1, 0.15) is 11.1 Å². The van der Waals surface area contributed by atoms with Gasteiger partial charge in [0, 0.05) is 33.3 Å². The average molecular weight is 658 g/mol. The van der Waals surface area contributed by atoms with Crippen LogP contribution in [0.25, 0.3) is 38.9 Å². The van der Waals surface area contributed by atoms with Gasteiger partial charge in [-0.1, -0.05) is 91.0 Å². The highest BCUT2D eigenvalue weighted by Crippen LogP contribution is 2.38. The number of hydrogen-bond acceptors (Lipinski definition) is 1. The van der Waals surface area contributed by atoms with E-state index in [1.807, 2.05) is 66.7 Å². The van der Waals surface area contributed by atoms with Crippen LogP contribution < -0.4 is 5.73 Å². The van der Waals surface area contributed by atoms with Crippen LogP contribution >= 0.6 is 31.9 Å². The maximum Gasteiger partial charge on any atom is 0.123 e. The Labute approximate surface area is 248 Å².